The first-order chi connectivity index (χ1) is 47.9. The molecule has 0 N–H and O–H groups in total. The van der Waals surface area contributed by atoms with Crippen LogP contribution in [0.25, 0.3) is 55.0 Å². The van der Waals surface area contributed by atoms with Gasteiger partial charge in [0.25, 0.3) is 0 Å². The Morgan fingerprint density at radius 2 is 0.772 bits per heavy atom. The molecule has 8 heterocycles. The predicted molar refractivity (Wildman–Crippen MR) is 383 cm³/mol. The van der Waals surface area contributed by atoms with E-state index in [4.69, 9.17) is 29.5 Å². The second kappa shape index (κ2) is 45.8. The maximum atomic E-state index is 5.61. The second-order valence-corrected chi connectivity index (χ2v) is 21.9. The van der Waals surface area contributed by atoms with Crippen LogP contribution < -0.4 is 19.1 Å². The molecule has 13 rings (SSSR count). The molecule has 0 aliphatic rings. The molecule has 0 aliphatic heterocycles. The van der Waals surface area contributed by atoms with Crippen LogP contribution in [0.4, 0.5) is 11.5 Å². The van der Waals surface area contributed by atoms with E-state index in [2.05, 4.69) is 113 Å². The third-order valence-corrected chi connectivity index (χ3v) is 14.1. The number of benzene rings is 5. The van der Waals surface area contributed by atoms with Crippen molar-refractivity contribution < 1.29 is 98.5 Å². The number of anilines is 2. The van der Waals surface area contributed by atoms with Crippen LogP contribution in [0.2, 0.25) is 0 Å². The summed E-state index contributed by atoms with van der Waals surface area (Å²) in [7, 11) is 0. The molecule has 8 aromatic heterocycles. The molecule has 0 spiro atoms. The molecule has 0 unspecified atom stereocenters. The van der Waals surface area contributed by atoms with Crippen molar-refractivity contribution in [1.29, 1.82) is 0 Å². The normalized spacial score (nSPS) is 10.2. The van der Waals surface area contributed by atoms with E-state index in [1.54, 1.807) is 43.0 Å². The van der Waals surface area contributed by atoms with Gasteiger partial charge in [0.05, 0.1) is 0 Å². The van der Waals surface area contributed by atoms with E-state index in [-0.39, 0.29) is 103 Å². The molecule has 0 saturated carbocycles. The van der Waals surface area contributed by atoms with Crippen LogP contribution in [0.3, 0.4) is 0 Å². The Labute approximate surface area is 650 Å². The van der Waals surface area contributed by atoms with E-state index in [1.807, 2.05) is 231 Å². The molecule has 101 heavy (non-hydrogen) atoms. The van der Waals surface area contributed by atoms with E-state index < -0.39 is 0 Å². The van der Waals surface area contributed by atoms with Crippen molar-refractivity contribution in [1.82, 2.24) is 39.9 Å². The first kappa shape index (κ1) is 81.1. The molecule has 13 aromatic rings. The van der Waals surface area contributed by atoms with Gasteiger partial charge < -0.3 is 45.4 Å². The number of para-hydroxylation sites is 2. The molecule has 0 saturated heterocycles. The standard InChI is InChI=1S/C24H20N4.C21H21N3.C18H15N3O2.C18H15N3O.4Pt/c1-3-10-20(11-4-1)23-15-9-16-24(27-23)28(22-13-5-2-6-14-22)19-25-18-21-12-7-8-17-26-21;1-21(2,16-22-15-18-11-6-7-14-23-18)20-13-8-12-19(24-20)17-9-4-3-5-10-17;1-2-8-16(9-3-1)23-18-11-6-10-17(21-18)22-14-19-13-15-7-4-5-12-20-15;1-2-7-15(8-3-1)17-10-6-11-18(21-17)22-14-19-13-16-9-4-5-12-20-16;;;;/h1-10,12-17H,18-19H2;3-9,11-14H,15-16H2,1-2H3;1-8,10-12H,13-14H2;1-7,9-12H,13-14H2;;;;/q4*-2;4*+2. The molecule has 0 fully saturated rings. The smallest absolute Gasteiger partial charge is 0.656 e. The van der Waals surface area contributed by atoms with Crippen molar-refractivity contribution in [2.45, 2.75) is 45.4 Å². The Balaban J connectivity index is 0.000000210. The van der Waals surface area contributed by atoms with Crippen LogP contribution in [0.1, 0.15) is 42.3 Å². The number of hydrogen-bond donors (Lipinski definition) is 0. The first-order valence-electron chi connectivity index (χ1n) is 31.5. The predicted octanol–water partition coefficient (Wildman–Crippen LogP) is 18.2. The maximum absolute atomic E-state index is 5.61. The number of rotatable bonds is 26. The van der Waals surface area contributed by atoms with Crippen molar-refractivity contribution >= 4 is 11.5 Å². The van der Waals surface area contributed by atoms with Gasteiger partial charge in [0, 0.05) is 90.3 Å². The summed E-state index contributed by atoms with van der Waals surface area (Å²) in [6.45, 7) is 8.27. The van der Waals surface area contributed by atoms with Gasteiger partial charge in [0.15, 0.2) is 0 Å². The third kappa shape index (κ3) is 28.2. The zero-order valence-corrected chi connectivity index (χ0v) is 64.3. The van der Waals surface area contributed by atoms with Gasteiger partial charge in [-0.2, -0.15) is 23.2 Å². The zero-order valence-electron chi connectivity index (χ0n) is 55.3. The van der Waals surface area contributed by atoms with Gasteiger partial charge in [0.1, 0.15) is 5.82 Å². The maximum Gasteiger partial charge on any atom is 2.00 e. The Morgan fingerprint density at radius 3 is 1.26 bits per heavy atom. The molecule has 518 valence electrons. The van der Waals surface area contributed by atoms with Crippen LogP contribution >= 0.6 is 0 Å². The van der Waals surface area contributed by atoms with Crippen molar-refractivity contribution in [3.63, 3.8) is 0 Å². The Kier molecular flexibility index (Phi) is 36.7. The fourth-order valence-corrected chi connectivity index (χ4v) is 9.27. The summed E-state index contributed by atoms with van der Waals surface area (Å²) in [4.78, 5) is 37.6. The minimum Gasteiger partial charge on any atom is -0.656 e. The number of ether oxygens (including phenoxy) is 3. The molecule has 16 nitrogen and oxygen atoms in total. The minimum absolute atomic E-state index is 0. The van der Waals surface area contributed by atoms with E-state index in [9.17, 15) is 0 Å². The molecule has 0 aliphatic carbocycles. The van der Waals surface area contributed by atoms with Crippen LogP contribution in [-0.2, 0) is 116 Å². The van der Waals surface area contributed by atoms with Crippen molar-refractivity contribution in [3.8, 4) is 57.2 Å². The zero-order chi connectivity index (χ0) is 66.6. The fourth-order valence-electron chi connectivity index (χ4n) is 9.27. The van der Waals surface area contributed by atoms with E-state index in [1.165, 1.54) is 0 Å². The first-order valence-corrected chi connectivity index (χ1v) is 31.5. The summed E-state index contributed by atoms with van der Waals surface area (Å²) in [6.07, 6.45) is 7.10. The van der Waals surface area contributed by atoms with E-state index >= 15 is 0 Å². The van der Waals surface area contributed by atoms with Gasteiger partial charge in [-0.05, 0) is 101 Å². The average Bonchev–Trinajstić information content (AvgIpc) is 0.837. The topological polar surface area (TPSA) is 190 Å². The average molecular weight is 2050 g/mol. The van der Waals surface area contributed by atoms with Gasteiger partial charge in [-0.25, -0.2) is 0 Å². The fraction of sp³-hybridized carbons (Fsp3) is 0.136. The summed E-state index contributed by atoms with van der Waals surface area (Å²) in [5, 5.41) is 18.0. The van der Waals surface area contributed by atoms with Gasteiger partial charge in [-0.3, -0.25) is 29.9 Å². The van der Waals surface area contributed by atoms with Crippen LogP contribution in [0, 0.1) is 24.3 Å². The van der Waals surface area contributed by atoms with Gasteiger partial charge >= 0.3 is 84.3 Å². The number of pyridine rings is 8. The molecule has 0 radical (unpaired) electrons. The summed E-state index contributed by atoms with van der Waals surface area (Å²) in [5.74, 6) is 2.93. The quantitative estimate of drug-likeness (QED) is 0.0369. The monoisotopic (exact) mass is 2050 g/mol. The van der Waals surface area contributed by atoms with Gasteiger partial charge in [-0.1, -0.05) is 105 Å². The third-order valence-electron chi connectivity index (χ3n) is 14.1. The summed E-state index contributed by atoms with van der Waals surface area (Å²) < 4.78 is 16.7. The van der Waals surface area contributed by atoms with Crippen molar-refractivity contribution in [2.24, 2.45) is 0 Å². The number of nitrogens with zero attached hydrogens (tertiary/aromatic N) is 13. The summed E-state index contributed by atoms with van der Waals surface area (Å²) in [6, 6.07) is 100. The largest absolute Gasteiger partial charge is 2.00 e. The molecular weight excluding hydrogens is 1980 g/mol. The van der Waals surface area contributed by atoms with Gasteiger partial charge in [-0.15, -0.1) is 153 Å². The molecule has 0 bridgehead atoms. The van der Waals surface area contributed by atoms with E-state index in [0.717, 1.165) is 73.7 Å². The molecular formula is C81H71N13O3Pt4. The Bertz CT molecular complexity index is 4320. The molecule has 0 atom stereocenters. The molecule has 0 amide bonds. The Morgan fingerprint density at radius 1 is 0.356 bits per heavy atom. The van der Waals surface area contributed by atoms with Gasteiger partial charge in [0.2, 0.25) is 17.6 Å². The second-order valence-electron chi connectivity index (χ2n) is 21.9. The van der Waals surface area contributed by atoms with Crippen LogP contribution in [0.15, 0.2) is 298 Å². The summed E-state index contributed by atoms with van der Waals surface area (Å²) in [5.41, 5.74) is 11.4. The number of aromatic nitrogens is 8. The molecule has 5 aromatic carbocycles. The number of hydrogen-bond acceptors (Lipinski definition) is 12. The van der Waals surface area contributed by atoms with E-state index in [0.29, 0.717) is 62.8 Å². The SMILES string of the molecule is CC(C)(C[N-]Cc1ccccn1)c1cccc(-c2[c-]cccc2)n1.[Pt+2].[Pt+2].[Pt+2].[Pt+2].[c-]1ccccc1-c1cccc(N(C[N-]Cc2ccccn2)c2ccccc2)n1.[c-]1ccccc1-c1cccc(OC[N-]Cc2ccccn2)n1.[c-]1ccccc1Oc1cccc(OC[N-]Cc2ccccn2)n1. The van der Waals surface area contributed by atoms with Crippen LogP contribution in [-0.4, -0.2) is 66.5 Å². The molecule has 20 heteroatoms. The summed E-state index contributed by atoms with van der Waals surface area (Å²) >= 11 is 0. The van der Waals surface area contributed by atoms with Crippen LogP contribution in [0.5, 0.6) is 23.4 Å². The van der Waals surface area contributed by atoms with Crippen molar-refractivity contribution in [3.05, 3.63) is 372 Å². The minimum atomic E-state index is -0.125. The van der Waals surface area contributed by atoms with Crippen molar-refractivity contribution in [2.75, 3.05) is 31.6 Å². The Hall–Kier alpha value is -8.91.